The predicted molar refractivity (Wildman–Crippen MR) is 49.3 cm³/mol. The molecule has 1 aromatic heterocycles. The van der Waals surface area contributed by atoms with Crippen molar-refractivity contribution in [2.24, 2.45) is 0 Å². The molecule has 13 heavy (non-hydrogen) atoms. The highest BCUT2D eigenvalue weighted by atomic mass is 32.2. The fourth-order valence-corrected chi connectivity index (χ4v) is 1.90. The Morgan fingerprint density at radius 1 is 1.54 bits per heavy atom. The van der Waals surface area contributed by atoms with Crippen molar-refractivity contribution in [3.8, 4) is 0 Å². The molecule has 0 amide bonds. The first-order valence-corrected chi connectivity index (χ1v) is 4.63. The lowest BCUT2D eigenvalue weighted by atomic mass is 10.3. The zero-order valence-electron chi connectivity index (χ0n) is 6.64. The van der Waals surface area contributed by atoms with Crippen LogP contribution in [0.1, 0.15) is 5.69 Å². The van der Waals surface area contributed by atoms with Crippen molar-refractivity contribution >= 4 is 17.8 Å². The molecule has 1 fully saturated rings. The van der Waals surface area contributed by atoms with Crippen molar-refractivity contribution in [2.75, 3.05) is 0 Å². The van der Waals surface area contributed by atoms with Gasteiger partial charge in [0.2, 0.25) is 0 Å². The molecular formula is C7H9N3O2S. The molecule has 0 spiro atoms. The van der Waals surface area contributed by atoms with E-state index < -0.39 is 11.8 Å². The number of aliphatic hydroxyl groups is 2. The second-order valence-corrected chi connectivity index (χ2v) is 3.75. The van der Waals surface area contributed by atoms with Crippen LogP contribution in [0.2, 0.25) is 0 Å². The van der Waals surface area contributed by atoms with Crippen molar-refractivity contribution in [1.82, 2.24) is 15.5 Å². The predicted octanol–water partition coefficient (Wildman–Crippen LogP) is -0.319. The van der Waals surface area contributed by atoms with Gasteiger partial charge in [-0.1, -0.05) is 11.8 Å². The maximum atomic E-state index is 9.36. The zero-order chi connectivity index (χ0) is 9.26. The van der Waals surface area contributed by atoms with E-state index in [0.717, 1.165) is 5.69 Å². The van der Waals surface area contributed by atoms with Crippen LogP contribution >= 0.6 is 11.8 Å². The van der Waals surface area contributed by atoms with Crippen LogP contribution in [-0.4, -0.2) is 32.2 Å². The average Bonchev–Trinajstić information content (AvgIpc) is 2.63. The summed E-state index contributed by atoms with van der Waals surface area (Å²) in [6.07, 6.45) is 2.58. The highest BCUT2D eigenvalue weighted by Crippen LogP contribution is 2.29. The number of hydrogen-bond acceptors (Lipinski definition) is 5. The number of nitrogens with zero attached hydrogens (tertiary/aromatic N) is 1. The van der Waals surface area contributed by atoms with Crippen molar-refractivity contribution in [3.05, 3.63) is 22.9 Å². The number of nitrogens with one attached hydrogen (secondary N) is 2. The second kappa shape index (κ2) is 3.51. The molecule has 0 aliphatic carbocycles. The summed E-state index contributed by atoms with van der Waals surface area (Å²) in [5.41, 5.74) is 0.0709. The molecular weight excluding hydrogens is 190 g/mol. The third-order valence-corrected chi connectivity index (χ3v) is 2.61. The number of rotatable bonds is 1. The summed E-state index contributed by atoms with van der Waals surface area (Å²) in [6, 6.07) is 1.78. The summed E-state index contributed by atoms with van der Waals surface area (Å²) in [5.74, 6) is 0. The van der Waals surface area contributed by atoms with E-state index in [1.54, 1.807) is 18.3 Å². The van der Waals surface area contributed by atoms with E-state index in [9.17, 15) is 5.11 Å². The van der Waals surface area contributed by atoms with Crippen molar-refractivity contribution in [3.63, 3.8) is 0 Å². The Hall–Kier alpha value is -0.820. The molecule has 6 heteroatoms. The van der Waals surface area contributed by atoms with E-state index in [1.165, 1.54) is 11.8 Å². The van der Waals surface area contributed by atoms with E-state index in [1.807, 2.05) is 0 Å². The highest BCUT2D eigenvalue weighted by Gasteiger charge is 2.25. The zero-order valence-corrected chi connectivity index (χ0v) is 7.45. The third-order valence-electron chi connectivity index (χ3n) is 1.64. The Morgan fingerprint density at radius 2 is 2.38 bits per heavy atom. The van der Waals surface area contributed by atoms with E-state index in [4.69, 9.17) is 5.11 Å². The van der Waals surface area contributed by atoms with Crippen LogP contribution in [0.25, 0.3) is 6.08 Å². The summed E-state index contributed by atoms with van der Waals surface area (Å²) in [7, 11) is 0. The van der Waals surface area contributed by atoms with Gasteiger partial charge in [0.25, 0.3) is 0 Å². The Balaban J connectivity index is 2.17. The monoisotopic (exact) mass is 199 g/mol. The number of aromatic amines is 1. The van der Waals surface area contributed by atoms with Crippen molar-refractivity contribution in [2.45, 2.75) is 11.8 Å². The number of aromatic nitrogens is 2. The van der Waals surface area contributed by atoms with Gasteiger partial charge in [0.05, 0.1) is 5.69 Å². The van der Waals surface area contributed by atoms with Crippen LogP contribution in [-0.2, 0) is 0 Å². The molecule has 70 valence electrons. The fourth-order valence-electron chi connectivity index (χ4n) is 1.06. The Bertz CT molecular complexity index is 312. The lowest BCUT2D eigenvalue weighted by molar-refractivity contribution is 0.127. The summed E-state index contributed by atoms with van der Waals surface area (Å²) >= 11 is 1.18. The third kappa shape index (κ3) is 1.92. The molecule has 1 saturated heterocycles. The SMILES string of the molecule is OC1NC(O)/C(=C/c2ccn[nH]2)S1. The molecule has 5 nitrogen and oxygen atoms in total. The van der Waals surface area contributed by atoms with Gasteiger partial charge in [-0.15, -0.1) is 0 Å². The maximum Gasteiger partial charge on any atom is 0.159 e. The van der Waals surface area contributed by atoms with Crippen LogP contribution in [0, 0.1) is 0 Å². The Labute approximate surface area is 78.9 Å². The first kappa shape index (κ1) is 8.76. The lowest BCUT2D eigenvalue weighted by Crippen LogP contribution is -2.28. The molecule has 2 rings (SSSR count). The molecule has 0 bridgehead atoms. The molecule has 1 aliphatic heterocycles. The van der Waals surface area contributed by atoms with Gasteiger partial charge in [0, 0.05) is 11.1 Å². The largest absolute Gasteiger partial charge is 0.374 e. The molecule has 0 saturated carbocycles. The van der Waals surface area contributed by atoms with Gasteiger partial charge in [-0.3, -0.25) is 10.4 Å². The first-order chi connectivity index (χ1) is 6.25. The van der Waals surface area contributed by atoms with Gasteiger partial charge >= 0.3 is 0 Å². The van der Waals surface area contributed by atoms with E-state index in [2.05, 4.69) is 15.5 Å². The smallest absolute Gasteiger partial charge is 0.159 e. The van der Waals surface area contributed by atoms with Gasteiger partial charge in [0.1, 0.15) is 6.23 Å². The van der Waals surface area contributed by atoms with Gasteiger partial charge in [-0.25, -0.2) is 0 Å². The van der Waals surface area contributed by atoms with E-state index in [-0.39, 0.29) is 0 Å². The topological polar surface area (TPSA) is 81.2 Å². The summed E-state index contributed by atoms with van der Waals surface area (Å²) < 4.78 is 0. The van der Waals surface area contributed by atoms with Gasteiger partial charge in [0.15, 0.2) is 5.56 Å². The van der Waals surface area contributed by atoms with Gasteiger partial charge in [-0.05, 0) is 12.1 Å². The molecule has 1 aromatic rings. The second-order valence-electron chi connectivity index (χ2n) is 2.60. The lowest BCUT2D eigenvalue weighted by Gasteiger charge is -2.00. The highest BCUT2D eigenvalue weighted by molar-refractivity contribution is 8.03. The fraction of sp³-hybridized carbons (Fsp3) is 0.286. The minimum absolute atomic E-state index is 0.678. The Morgan fingerprint density at radius 3 is 2.92 bits per heavy atom. The minimum Gasteiger partial charge on any atom is -0.374 e. The number of hydrogen-bond donors (Lipinski definition) is 4. The van der Waals surface area contributed by atoms with E-state index >= 15 is 0 Å². The van der Waals surface area contributed by atoms with Gasteiger partial charge < -0.3 is 10.2 Å². The van der Waals surface area contributed by atoms with Crippen LogP contribution in [0.5, 0.6) is 0 Å². The Kier molecular flexibility index (Phi) is 2.36. The molecule has 0 aromatic carbocycles. The molecule has 2 atom stereocenters. The summed E-state index contributed by atoms with van der Waals surface area (Å²) in [6.45, 7) is 0. The quantitative estimate of drug-likeness (QED) is 0.498. The first-order valence-electron chi connectivity index (χ1n) is 3.75. The number of thioether (sulfide) groups is 1. The van der Waals surface area contributed by atoms with Crippen molar-refractivity contribution in [1.29, 1.82) is 0 Å². The molecule has 1 aliphatic rings. The standard InChI is InChI=1S/C7H9N3O2S/c11-6-5(13-7(12)9-6)3-4-1-2-8-10-4/h1-3,6-7,9,11-12H,(H,8,10)/b5-3-. The maximum absolute atomic E-state index is 9.36. The van der Waals surface area contributed by atoms with Crippen LogP contribution in [0.4, 0.5) is 0 Å². The molecule has 2 unspecified atom stereocenters. The summed E-state index contributed by atoms with van der Waals surface area (Å²) in [5, 5.41) is 27.5. The number of H-pyrrole nitrogens is 1. The van der Waals surface area contributed by atoms with Crippen LogP contribution in [0.15, 0.2) is 17.2 Å². The number of aliphatic hydroxyl groups excluding tert-OH is 2. The normalized spacial score (nSPS) is 31.4. The molecule has 4 N–H and O–H groups in total. The van der Waals surface area contributed by atoms with Gasteiger partial charge in [-0.2, -0.15) is 5.10 Å². The minimum atomic E-state index is -0.789. The molecule has 2 heterocycles. The van der Waals surface area contributed by atoms with Crippen molar-refractivity contribution < 1.29 is 10.2 Å². The summed E-state index contributed by atoms with van der Waals surface area (Å²) in [4.78, 5) is 0.678. The van der Waals surface area contributed by atoms with E-state index in [0.29, 0.717) is 4.91 Å². The van der Waals surface area contributed by atoms with Crippen LogP contribution < -0.4 is 5.32 Å². The average molecular weight is 199 g/mol. The molecule has 0 radical (unpaired) electrons. The van der Waals surface area contributed by atoms with Crippen LogP contribution in [0.3, 0.4) is 0 Å².